The Labute approximate surface area is 202 Å². The van der Waals surface area contributed by atoms with Crippen molar-refractivity contribution in [2.75, 3.05) is 31.1 Å². The smallest absolute Gasteiger partial charge is 0.145 e. The van der Waals surface area contributed by atoms with Crippen LogP contribution >= 0.6 is 10.0 Å². The maximum Gasteiger partial charge on any atom is 0.145 e. The number of hydrogen-bond donors (Lipinski definition) is 0. The largest absolute Gasteiger partial charge is 0.360 e. The summed E-state index contributed by atoms with van der Waals surface area (Å²) in [5.74, 6) is 1.08. The van der Waals surface area contributed by atoms with E-state index >= 15 is 0 Å². The minimum absolute atomic E-state index is 0.457. The predicted octanol–water partition coefficient (Wildman–Crippen LogP) is 4.72. The van der Waals surface area contributed by atoms with Crippen LogP contribution in [0.25, 0.3) is 22.4 Å². The second kappa shape index (κ2) is 8.86. The molecule has 0 unspecified atom stereocenters. The SMILES string of the molecule is CS(C)(C)CCOCn1ccc2c(-c3cc(C4(C#N)Cc5ccccc5C4)ccn3)ncnc21. The summed E-state index contributed by atoms with van der Waals surface area (Å²) < 4.78 is 7.93. The van der Waals surface area contributed by atoms with Crippen molar-refractivity contribution in [3.05, 3.63) is 77.9 Å². The molecule has 5 rings (SSSR count). The van der Waals surface area contributed by atoms with E-state index < -0.39 is 15.4 Å². The van der Waals surface area contributed by atoms with Crippen molar-refractivity contribution in [3.8, 4) is 17.5 Å². The first-order valence-corrected chi connectivity index (χ1v) is 14.4. The Kier molecular flexibility index (Phi) is 5.88. The van der Waals surface area contributed by atoms with Crippen molar-refractivity contribution >= 4 is 21.1 Å². The van der Waals surface area contributed by atoms with Gasteiger partial charge in [0.2, 0.25) is 0 Å². The van der Waals surface area contributed by atoms with E-state index in [0.29, 0.717) is 19.6 Å². The topological polar surface area (TPSA) is 76.6 Å². The summed E-state index contributed by atoms with van der Waals surface area (Å²) in [6, 6.07) is 17.0. The number of nitriles is 1. The maximum atomic E-state index is 10.2. The van der Waals surface area contributed by atoms with Gasteiger partial charge < -0.3 is 9.30 Å². The number of rotatable bonds is 7. The number of pyridine rings is 1. The molecule has 4 aromatic rings. The van der Waals surface area contributed by atoms with Gasteiger partial charge in [-0.3, -0.25) is 4.98 Å². The minimum atomic E-state index is -0.581. The van der Waals surface area contributed by atoms with Crippen LogP contribution in [0.2, 0.25) is 0 Å². The molecule has 0 N–H and O–H groups in total. The molecule has 7 heteroatoms. The molecule has 0 bridgehead atoms. The second-order valence-corrected chi connectivity index (χ2v) is 14.4. The maximum absolute atomic E-state index is 10.2. The van der Waals surface area contributed by atoms with Crippen LogP contribution in [0.3, 0.4) is 0 Å². The Morgan fingerprint density at radius 3 is 2.53 bits per heavy atom. The van der Waals surface area contributed by atoms with Crippen LogP contribution in [0.5, 0.6) is 0 Å². The van der Waals surface area contributed by atoms with Crippen LogP contribution in [0, 0.1) is 11.3 Å². The van der Waals surface area contributed by atoms with Gasteiger partial charge in [-0.15, -0.1) is 0 Å². The van der Waals surface area contributed by atoms with E-state index in [-0.39, 0.29) is 0 Å². The summed E-state index contributed by atoms with van der Waals surface area (Å²) in [5.41, 5.74) is 5.24. The molecule has 3 aromatic heterocycles. The molecule has 0 saturated heterocycles. The number of aromatic nitrogens is 4. The molecule has 0 saturated carbocycles. The standard InChI is InChI=1S/C27H29N5OS/c1-34(2,3)13-12-33-19-32-11-9-23-25(30-18-31-26(23)32)24-14-22(8-10-29-24)27(17-28)15-20-6-4-5-7-21(20)16-27/h4-11,14,18H,12-13,15-16,19H2,1-3H3. The van der Waals surface area contributed by atoms with Gasteiger partial charge in [-0.1, -0.05) is 24.3 Å². The van der Waals surface area contributed by atoms with Gasteiger partial charge in [0, 0.05) is 23.5 Å². The van der Waals surface area contributed by atoms with Crippen LogP contribution < -0.4 is 0 Å². The first kappa shape index (κ1) is 22.6. The van der Waals surface area contributed by atoms with E-state index in [1.54, 1.807) is 12.5 Å². The molecule has 0 spiro atoms. The summed E-state index contributed by atoms with van der Waals surface area (Å²) in [4.78, 5) is 13.7. The number of ether oxygens (including phenoxy) is 1. The summed E-state index contributed by atoms with van der Waals surface area (Å²) in [7, 11) is -0.577. The third-order valence-corrected chi connectivity index (χ3v) is 7.89. The van der Waals surface area contributed by atoms with Crippen molar-refractivity contribution in [1.29, 1.82) is 5.26 Å². The molecule has 6 nitrogen and oxygen atoms in total. The number of hydrogen-bond acceptors (Lipinski definition) is 5. The first-order chi connectivity index (χ1) is 16.4. The number of nitrogens with zero attached hydrogens (tertiary/aromatic N) is 5. The molecule has 34 heavy (non-hydrogen) atoms. The minimum Gasteiger partial charge on any atom is -0.360 e. The van der Waals surface area contributed by atoms with Gasteiger partial charge >= 0.3 is 0 Å². The number of fused-ring (bicyclic) bond motifs is 2. The van der Waals surface area contributed by atoms with Crippen LogP contribution in [0.1, 0.15) is 16.7 Å². The third kappa shape index (κ3) is 4.31. The van der Waals surface area contributed by atoms with Crippen molar-refractivity contribution in [3.63, 3.8) is 0 Å². The van der Waals surface area contributed by atoms with Crippen molar-refractivity contribution in [2.45, 2.75) is 25.0 Å². The first-order valence-electron chi connectivity index (χ1n) is 11.4. The zero-order valence-corrected chi connectivity index (χ0v) is 20.7. The normalized spacial score (nSPS) is 15.2. The fourth-order valence-corrected chi connectivity index (χ4v) is 5.22. The van der Waals surface area contributed by atoms with E-state index in [1.807, 2.05) is 41.1 Å². The van der Waals surface area contributed by atoms with E-state index in [1.165, 1.54) is 11.1 Å². The second-order valence-electron chi connectivity index (χ2n) is 9.82. The molecule has 3 heterocycles. The average Bonchev–Trinajstić information content (AvgIpc) is 3.43. The lowest BCUT2D eigenvalue weighted by Gasteiger charge is -2.24. The van der Waals surface area contributed by atoms with Crippen molar-refractivity contribution in [1.82, 2.24) is 19.5 Å². The van der Waals surface area contributed by atoms with E-state index in [0.717, 1.165) is 40.3 Å². The van der Waals surface area contributed by atoms with Gasteiger partial charge in [0.05, 0.1) is 23.8 Å². The van der Waals surface area contributed by atoms with E-state index in [9.17, 15) is 5.26 Å². The monoisotopic (exact) mass is 471 g/mol. The van der Waals surface area contributed by atoms with Gasteiger partial charge in [-0.05, 0) is 66.5 Å². The highest BCUT2D eigenvalue weighted by Crippen LogP contribution is 2.40. The molecule has 0 atom stereocenters. The lowest BCUT2D eigenvalue weighted by molar-refractivity contribution is 0.0923. The Morgan fingerprint density at radius 2 is 1.82 bits per heavy atom. The summed E-state index contributed by atoms with van der Waals surface area (Å²) in [6.07, 6.45) is 13.7. The highest BCUT2D eigenvalue weighted by atomic mass is 32.3. The molecular formula is C27H29N5OS. The summed E-state index contributed by atoms with van der Waals surface area (Å²) in [6.45, 7) is 1.19. The highest BCUT2D eigenvalue weighted by molar-refractivity contribution is 8.32. The fraction of sp³-hybridized carbons (Fsp3) is 0.333. The van der Waals surface area contributed by atoms with Gasteiger partial charge in [0.15, 0.2) is 0 Å². The van der Waals surface area contributed by atoms with Gasteiger partial charge in [-0.2, -0.15) is 5.26 Å². The molecule has 0 fully saturated rings. The Bertz CT molecular complexity index is 1360. The Morgan fingerprint density at radius 1 is 1.06 bits per heavy atom. The predicted molar refractivity (Wildman–Crippen MR) is 138 cm³/mol. The highest BCUT2D eigenvalue weighted by Gasteiger charge is 2.39. The molecule has 0 aliphatic heterocycles. The van der Waals surface area contributed by atoms with Gasteiger partial charge in [-0.25, -0.2) is 20.0 Å². The van der Waals surface area contributed by atoms with Crippen LogP contribution in [0.4, 0.5) is 0 Å². The fourth-order valence-electron chi connectivity index (χ4n) is 4.60. The zero-order chi connectivity index (χ0) is 23.8. The van der Waals surface area contributed by atoms with Crippen molar-refractivity contribution < 1.29 is 4.74 Å². The molecule has 0 radical (unpaired) electrons. The Balaban J connectivity index is 1.44. The van der Waals surface area contributed by atoms with Crippen LogP contribution in [-0.2, 0) is 29.7 Å². The number of benzene rings is 1. The Hall–Kier alpha value is -3.21. The zero-order valence-electron chi connectivity index (χ0n) is 19.9. The molecule has 1 aromatic carbocycles. The van der Waals surface area contributed by atoms with Crippen LogP contribution in [-0.4, -0.2) is 50.6 Å². The average molecular weight is 472 g/mol. The molecule has 0 amide bonds. The quantitative estimate of drug-likeness (QED) is 0.365. The van der Waals surface area contributed by atoms with Gasteiger partial charge in [0.25, 0.3) is 0 Å². The molecular weight excluding hydrogens is 442 g/mol. The third-order valence-electron chi connectivity index (χ3n) is 6.50. The van der Waals surface area contributed by atoms with E-state index in [2.05, 4.69) is 51.9 Å². The van der Waals surface area contributed by atoms with Gasteiger partial charge in [0.1, 0.15) is 24.4 Å². The molecule has 1 aliphatic rings. The van der Waals surface area contributed by atoms with E-state index in [4.69, 9.17) is 4.74 Å². The molecule has 1 aliphatic carbocycles. The summed E-state index contributed by atoms with van der Waals surface area (Å²) in [5, 5.41) is 11.1. The van der Waals surface area contributed by atoms with Crippen molar-refractivity contribution in [2.24, 2.45) is 0 Å². The lowest BCUT2D eigenvalue weighted by atomic mass is 9.79. The molecule has 174 valence electrons. The summed E-state index contributed by atoms with van der Waals surface area (Å²) >= 11 is 0. The lowest BCUT2D eigenvalue weighted by Crippen LogP contribution is -2.24. The van der Waals surface area contributed by atoms with Crippen LogP contribution in [0.15, 0.2) is 61.2 Å².